The highest BCUT2D eigenvalue weighted by Gasteiger charge is 2.35. The summed E-state index contributed by atoms with van der Waals surface area (Å²) in [6.45, 7) is 10.4. The van der Waals surface area contributed by atoms with Gasteiger partial charge in [-0.05, 0) is 43.9 Å². The second kappa shape index (κ2) is 11.0. The predicted molar refractivity (Wildman–Crippen MR) is 117 cm³/mol. The van der Waals surface area contributed by atoms with Crippen LogP contribution in [0.1, 0.15) is 30.6 Å². The number of carboxylic acid groups (broad SMARTS) is 1. The van der Waals surface area contributed by atoms with Crippen molar-refractivity contribution in [2.45, 2.75) is 30.7 Å². The van der Waals surface area contributed by atoms with Gasteiger partial charge in [0, 0.05) is 34.9 Å². The van der Waals surface area contributed by atoms with E-state index in [1.807, 2.05) is 38.1 Å². The van der Waals surface area contributed by atoms with Gasteiger partial charge in [0.1, 0.15) is 0 Å². The average molecular weight is 424 g/mol. The van der Waals surface area contributed by atoms with Crippen molar-refractivity contribution in [3.05, 3.63) is 42.0 Å². The van der Waals surface area contributed by atoms with E-state index in [0.29, 0.717) is 19.0 Å². The molecule has 154 valence electrons. The first-order valence-electron chi connectivity index (χ1n) is 9.41. The fourth-order valence-electron chi connectivity index (χ4n) is 2.93. The lowest BCUT2D eigenvalue weighted by Gasteiger charge is -2.39. The lowest BCUT2D eigenvalue weighted by atomic mass is 9.91. The number of hydrogen-bond donors (Lipinski definition) is 1. The highest BCUT2D eigenvalue weighted by Crippen LogP contribution is 2.25. The van der Waals surface area contributed by atoms with Gasteiger partial charge in [-0.15, -0.1) is 11.8 Å². The van der Waals surface area contributed by atoms with Gasteiger partial charge < -0.3 is 9.84 Å². The molecule has 1 aliphatic heterocycles. The molecule has 0 bridgehead atoms. The van der Waals surface area contributed by atoms with E-state index in [1.54, 1.807) is 23.5 Å². The summed E-state index contributed by atoms with van der Waals surface area (Å²) in [6, 6.07) is 7.84. The number of morpholine rings is 1. The minimum absolute atomic E-state index is 0.140. The Morgan fingerprint density at radius 3 is 2.43 bits per heavy atom. The molecule has 1 aliphatic rings. The quantitative estimate of drug-likeness (QED) is 0.251. The zero-order valence-corrected chi connectivity index (χ0v) is 18.2. The largest absolute Gasteiger partial charge is 0.478 e. The molecule has 0 aromatic heterocycles. The van der Waals surface area contributed by atoms with Gasteiger partial charge in [-0.2, -0.15) is 11.8 Å². The van der Waals surface area contributed by atoms with Crippen LogP contribution in [0, 0.1) is 0 Å². The van der Waals surface area contributed by atoms with Gasteiger partial charge in [-0.25, -0.2) is 4.79 Å². The van der Waals surface area contributed by atoms with Crippen molar-refractivity contribution in [1.82, 2.24) is 4.90 Å². The van der Waals surface area contributed by atoms with Crippen molar-refractivity contribution in [1.29, 1.82) is 0 Å². The maximum absolute atomic E-state index is 13.0. The molecule has 0 amide bonds. The minimum Gasteiger partial charge on any atom is -0.478 e. The highest BCUT2D eigenvalue weighted by molar-refractivity contribution is 8.00. The number of nitrogens with zero attached hydrogens (tertiary/aromatic N) is 1. The van der Waals surface area contributed by atoms with Crippen LogP contribution in [0.5, 0.6) is 0 Å². The number of benzene rings is 1. The van der Waals surface area contributed by atoms with Crippen LogP contribution in [-0.4, -0.2) is 70.9 Å². The highest BCUT2D eigenvalue weighted by atomic mass is 32.2. The fraction of sp³-hybridized carbons (Fsp3) is 0.524. The Morgan fingerprint density at radius 2 is 1.82 bits per heavy atom. The molecule has 28 heavy (non-hydrogen) atoms. The number of thioether (sulfide) groups is 2. The van der Waals surface area contributed by atoms with Crippen molar-refractivity contribution in [3.8, 4) is 0 Å². The van der Waals surface area contributed by atoms with Crippen LogP contribution in [0.4, 0.5) is 0 Å². The molecule has 1 heterocycles. The third-order valence-corrected chi connectivity index (χ3v) is 6.98. The van der Waals surface area contributed by atoms with E-state index in [2.05, 4.69) is 11.5 Å². The lowest BCUT2D eigenvalue weighted by Crippen LogP contribution is -2.54. The number of Topliss-reactive ketones (excluding diaryl/α,β-unsaturated/α-hetero) is 1. The topological polar surface area (TPSA) is 66.8 Å². The molecular formula is C21H29NO4S2. The number of hydrogen-bond acceptors (Lipinski definition) is 6. The molecular weight excluding hydrogens is 394 g/mol. The first-order chi connectivity index (χ1) is 13.3. The Hall–Kier alpha value is -1.28. The van der Waals surface area contributed by atoms with Crippen molar-refractivity contribution in [2.75, 3.05) is 43.6 Å². The van der Waals surface area contributed by atoms with Crippen molar-refractivity contribution >= 4 is 35.3 Å². The number of ketones is 1. The second-order valence-corrected chi connectivity index (χ2v) is 9.45. The zero-order chi connectivity index (χ0) is 20.6. The van der Waals surface area contributed by atoms with Crippen LogP contribution in [0.2, 0.25) is 0 Å². The van der Waals surface area contributed by atoms with Gasteiger partial charge in [0.25, 0.3) is 0 Å². The SMILES string of the molecule is C=C(CSCCCSc1ccc(C(=O)C(C)(C)N2CCOCC2)cc1)C(=O)O. The molecule has 0 spiro atoms. The van der Waals surface area contributed by atoms with Crippen LogP contribution in [0.15, 0.2) is 41.3 Å². The van der Waals surface area contributed by atoms with Crippen LogP contribution in [-0.2, 0) is 9.53 Å². The van der Waals surface area contributed by atoms with Crippen molar-refractivity contribution < 1.29 is 19.4 Å². The normalized spacial score (nSPS) is 15.4. The van der Waals surface area contributed by atoms with E-state index >= 15 is 0 Å². The van der Waals surface area contributed by atoms with Gasteiger partial charge in [0.05, 0.1) is 18.8 Å². The molecule has 0 atom stereocenters. The predicted octanol–water partition coefficient (Wildman–Crippen LogP) is 3.84. The number of carbonyl (C=O) groups excluding carboxylic acids is 1. The molecule has 0 saturated carbocycles. The average Bonchev–Trinajstić information content (AvgIpc) is 2.70. The molecule has 1 aromatic carbocycles. The van der Waals surface area contributed by atoms with Gasteiger partial charge in [0.15, 0.2) is 5.78 Å². The third kappa shape index (κ3) is 6.65. The number of carbonyl (C=O) groups is 2. The minimum atomic E-state index is -0.923. The number of aliphatic carboxylic acids is 1. The van der Waals surface area contributed by atoms with E-state index in [-0.39, 0.29) is 11.4 Å². The van der Waals surface area contributed by atoms with E-state index in [0.717, 1.165) is 41.5 Å². The smallest absolute Gasteiger partial charge is 0.331 e. The molecule has 1 N–H and O–H groups in total. The Labute approximate surface area is 175 Å². The lowest BCUT2D eigenvalue weighted by molar-refractivity contribution is -0.132. The fourth-order valence-corrected chi connectivity index (χ4v) is 4.83. The summed E-state index contributed by atoms with van der Waals surface area (Å²) < 4.78 is 5.39. The van der Waals surface area contributed by atoms with Gasteiger partial charge in [0.2, 0.25) is 0 Å². The summed E-state index contributed by atoms with van der Waals surface area (Å²) in [5.41, 5.74) is 0.455. The summed E-state index contributed by atoms with van der Waals surface area (Å²) in [6.07, 6.45) is 0.993. The number of carboxylic acids is 1. The van der Waals surface area contributed by atoms with Crippen molar-refractivity contribution in [3.63, 3.8) is 0 Å². The molecule has 0 radical (unpaired) electrons. The summed E-state index contributed by atoms with van der Waals surface area (Å²) in [4.78, 5) is 27.0. The van der Waals surface area contributed by atoms with Crippen molar-refractivity contribution in [2.24, 2.45) is 0 Å². The molecule has 0 unspecified atom stereocenters. The first-order valence-corrected chi connectivity index (χ1v) is 11.6. The van der Waals surface area contributed by atoms with E-state index in [1.165, 1.54) is 0 Å². The van der Waals surface area contributed by atoms with E-state index < -0.39 is 11.5 Å². The van der Waals surface area contributed by atoms with Gasteiger partial charge in [-0.3, -0.25) is 9.69 Å². The maximum atomic E-state index is 13.0. The zero-order valence-electron chi connectivity index (χ0n) is 16.6. The number of rotatable bonds is 11. The third-order valence-electron chi connectivity index (χ3n) is 4.75. The Balaban J connectivity index is 1.77. The first kappa shape index (κ1) is 23.0. The monoisotopic (exact) mass is 423 g/mol. The van der Waals surface area contributed by atoms with E-state index in [4.69, 9.17) is 9.84 Å². The van der Waals surface area contributed by atoms with E-state index in [9.17, 15) is 9.59 Å². The number of ether oxygens (including phenoxy) is 1. The summed E-state index contributed by atoms with van der Waals surface area (Å²) in [7, 11) is 0. The van der Waals surface area contributed by atoms with Crippen LogP contribution >= 0.6 is 23.5 Å². The molecule has 5 nitrogen and oxygen atoms in total. The maximum Gasteiger partial charge on any atom is 0.331 e. The molecule has 7 heteroatoms. The molecule has 1 saturated heterocycles. The van der Waals surface area contributed by atoms with Crippen LogP contribution < -0.4 is 0 Å². The van der Waals surface area contributed by atoms with Gasteiger partial charge >= 0.3 is 5.97 Å². The Bertz CT molecular complexity index is 682. The Morgan fingerprint density at radius 1 is 1.18 bits per heavy atom. The Kier molecular flexibility index (Phi) is 9.08. The molecule has 2 rings (SSSR count). The summed E-state index contributed by atoms with van der Waals surface area (Å²) >= 11 is 3.35. The summed E-state index contributed by atoms with van der Waals surface area (Å²) in [5, 5.41) is 8.77. The molecule has 0 aliphatic carbocycles. The molecule has 1 aromatic rings. The molecule has 1 fully saturated rings. The van der Waals surface area contributed by atoms with Crippen LogP contribution in [0.25, 0.3) is 0 Å². The summed E-state index contributed by atoms with van der Waals surface area (Å²) in [5.74, 6) is 1.55. The van der Waals surface area contributed by atoms with Crippen LogP contribution in [0.3, 0.4) is 0 Å². The standard InChI is InChI=1S/C21H29NO4S2/c1-16(20(24)25)15-27-13-4-14-28-18-7-5-17(6-8-18)19(23)21(2,3)22-9-11-26-12-10-22/h5-8H,1,4,9-15H2,2-3H3,(H,24,25). The van der Waals surface area contributed by atoms with Gasteiger partial charge in [-0.1, -0.05) is 18.7 Å². The second-order valence-electron chi connectivity index (χ2n) is 7.18.